The average Bonchev–Trinajstić information content (AvgIpc) is 2.37. The van der Waals surface area contributed by atoms with Gasteiger partial charge in [0.25, 0.3) is 5.91 Å². The van der Waals surface area contributed by atoms with Crippen LogP contribution in [0.15, 0.2) is 29.2 Å². The van der Waals surface area contributed by atoms with Gasteiger partial charge in [-0.2, -0.15) is 0 Å². The minimum absolute atomic E-state index is 0.182. The summed E-state index contributed by atoms with van der Waals surface area (Å²) in [6, 6.07) is 7.93. The highest BCUT2D eigenvalue weighted by molar-refractivity contribution is 7.98. The molecule has 2 rings (SSSR count). The summed E-state index contributed by atoms with van der Waals surface area (Å²) in [7, 11) is 0. The van der Waals surface area contributed by atoms with Gasteiger partial charge in [-0.05, 0) is 48.8 Å². The van der Waals surface area contributed by atoms with E-state index in [-0.39, 0.29) is 5.91 Å². The molecule has 1 fully saturated rings. The van der Waals surface area contributed by atoms with Crippen LogP contribution in [0.5, 0.6) is 0 Å². The molecule has 1 aromatic rings. The van der Waals surface area contributed by atoms with E-state index >= 15 is 0 Å². The van der Waals surface area contributed by atoms with Gasteiger partial charge in [-0.1, -0.05) is 13.8 Å². The summed E-state index contributed by atoms with van der Waals surface area (Å²) < 4.78 is 0. The van der Waals surface area contributed by atoms with Gasteiger partial charge >= 0.3 is 0 Å². The Morgan fingerprint density at radius 2 is 1.72 bits per heavy atom. The number of rotatable bonds is 2. The number of amides is 1. The van der Waals surface area contributed by atoms with Crippen LogP contribution < -0.4 is 0 Å². The number of likely N-dealkylation sites (tertiary alicyclic amines) is 1. The molecule has 18 heavy (non-hydrogen) atoms. The van der Waals surface area contributed by atoms with E-state index in [2.05, 4.69) is 13.8 Å². The molecule has 2 unspecified atom stereocenters. The van der Waals surface area contributed by atoms with Crippen LogP contribution >= 0.6 is 11.8 Å². The molecule has 2 atom stereocenters. The molecular formula is C15H21NOS. The standard InChI is InChI=1S/C15H21NOS/c1-11-8-12(2)10-16(9-11)15(17)13-4-6-14(18-3)7-5-13/h4-7,11-12H,8-10H2,1-3H3. The quantitative estimate of drug-likeness (QED) is 0.761. The predicted molar refractivity (Wildman–Crippen MR) is 77.1 cm³/mol. The first-order valence-electron chi connectivity index (χ1n) is 6.53. The molecule has 0 spiro atoms. The Labute approximate surface area is 114 Å². The molecule has 1 saturated heterocycles. The van der Waals surface area contributed by atoms with Crippen molar-refractivity contribution in [2.75, 3.05) is 19.3 Å². The average molecular weight is 263 g/mol. The van der Waals surface area contributed by atoms with E-state index in [1.165, 1.54) is 11.3 Å². The molecule has 1 aromatic carbocycles. The van der Waals surface area contributed by atoms with Crippen molar-refractivity contribution in [3.05, 3.63) is 29.8 Å². The summed E-state index contributed by atoms with van der Waals surface area (Å²) in [6.45, 7) is 6.25. The highest BCUT2D eigenvalue weighted by atomic mass is 32.2. The maximum Gasteiger partial charge on any atom is 0.253 e. The summed E-state index contributed by atoms with van der Waals surface area (Å²) in [5.74, 6) is 1.41. The molecule has 0 aliphatic carbocycles. The van der Waals surface area contributed by atoms with E-state index in [0.717, 1.165) is 18.7 Å². The van der Waals surface area contributed by atoms with Gasteiger partial charge < -0.3 is 4.90 Å². The molecule has 1 aliphatic rings. The Morgan fingerprint density at radius 1 is 1.17 bits per heavy atom. The first-order valence-corrected chi connectivity index (χ1v) is 7.76. The fourth-order valence-corrected chi connectivity index (χ4v) is 3.15. The van der Waals surface area contributed by atoms with Crippen molar-refractivity contribution in [1.82, 2.24) is 4.90 Å². The van der Waals surface area contributed by atoms with Crippen molar-refractivity contribution in [2.45, 2.75) is 25.2 Å². The maximum atomic E-state index is 12.4. The zero-order chi connectivity index (χ0) is 13.1. The molecular weight excluding hydrogens is 242 g/mol. The van der Waals surface area contributed by atoms with E-state index in [4.69, 9.17) is 0 Å². The molecule has 0 radical (unpaired) electrons. The number of piperidine rings is 1. The van der Waals surface area contributed by atoms with Gasteiger partial charge in [0.1, 0.15) is 0 Å². The topological polar surface area (TPSA) is 20.3 Å². The van der Waals surface area contributed by atoms with Crippen molar-refractivity contribution in [1.29, 1.82) is 0 Å². The monoisotopic (exact) mass is 263 g/mol. The second kappa shape index (κ2) is 5.79. The molecule has 1 heterocycles. The van der Waals surface area contributed by atoms with Gasteiger partial charge in [0, 0.05) is 23.5 Å². The van der Waals surface area contributed by atoms with Crippen LogP contribution in [0.2, 0.25) is 0 Å². The van der Waals surface area contributed by atoms with Gasteiger partial charge in [0.05, 0.1) is 0 Å². The second-order valence-electron chi connectivity index (χ2n) is 5.38. The minimum atomic E-state index is 0.182. The summed E-state index contributed by atoms with van der Waals surface area (Å²) in [6.07, 6.45) is 3.28. The highest BCUT2D eigenvalue weighted by Crippen LogP contribution is 2.23. The van der Waals surface area contributed by atoms with Gasteiger partial charge in [-0.15, -0.1) is 11.8 Å². The van der Waals surface area contributed by atoms with Crippen molar-refractivity contribution in [2.24, 2.45) is 11.8 Å². The van der Waals surface area contributed by atoms with E-state index in [9.17, 15) is 4.79 Å². The Hall–Kier alpha value is -0.960. The van der Waals surface area contributed by atoms with E-state index in [1.807, 2.05) is 35.4 Å². The Bertz CT molecular complexity index is 405. The molecule has 1 amide bonds. The lowest BCUT2D eigenvalue weighted by molar-refractivity contribution is 0.0623. The summed E-state index contributed by atoms with van der Waals surface area (Å²) in [5, 5.41) is 0. The molecule has 98 valence electrons. The summed E-state index contributed by atoms with van der Waals surface area (Å²) in [5.41, 5.74) is 0.814. The lowest BCUT2D eigenvalue weighted by Gasteiger charge is -2.35. The number of benzene rings is 1. The van der Waals surface area contributed by atoms with E-state index in [1.54, 1.807) is 11.8 Å². The number of nitrogens with zero attached hydrogens (tertiary/aromatic N) is 1. The fraction of sp³-hybridized carbons (Fsp3) is 0.533. The van der Waals surface area contributed by atoms with Crippen molar-refractivity contribution >= 4 is 17.7 Å². The fourth-order valence-electron chi connectivity index (χ4n) is 2.74. The molecule has 0 saturated carbocycles. The van der Waals surface area contributed by atoms with Crippen molar-refractivity contribution in [3.63, 3.8) is 0 Å². The molecule has 3 heteroatoms. The van der Waals surface area contributed by atoms with Crippen LogP contribution in [0.4, 0.5) is 0 Å². The van der Waals surface area contributed by atoms with E-state index < -0.39 is 0 Å². The Kier molecular flexibility index (Phi) is 4.33. The summed E-state index contributed by atoms with van der Waals surface area (Å²) in [4.78, 5) is 15.6. The predicted octanol–water partition coefficient (Wildman–Crippen LogP) is 3.53. The lowest BCUT2D eigenvalue weighted by Crippen LogP contribution is -2.42. The number of hydrogen-bond donors (Lipinski definition) is 0. The maximum absolute atomic E-state index is 12.4. The Morgan fingerprint density at radius 3 is 2.22 bits per heavy atom. The summed E-state index contributed by atoms with van der Waals surface area (Å²) >= 11 is 1.70. The zero-order valence-corrected chi connectivity index (χ0v) is 12.2. The van der Waals surface area contributed by atoms with Gasteiger partial charge in [0.15, 0.2) is 0 Å². The first kappa shape index (κ1) is 13.5. The molecule has 0 N–H and O–H groups in total. The zero-order valence-electron chi connectivity index (χ0n) is 11.3. The molecule has 1 aliphatic heterocycles. The number of carbonyl (C=O) groups is 1. The smallest absolute Gasteiger partial charge is 0.253 e. The highest BCUT2D eigenvalue weighted by Gasteiger charge is 2.25. The van der Waals surface area contributed by atoms with Crippen LogP contribution in [0.25, 0.3) is 0 Å². The van der Waals surface area contributed by atoms with Gasteiger partial charge in [0.2, 0.25) is 0 Å². The van der Waals surface area contributed by atoms with Crippen molar-refractivity contribution < 1.29 is 4.79 Å². The van der Waals surface area contributed by atoms with Crippen LogP contribution in [0.3, 0.4) is 0 Å². The number of carbonyl (C=O) groups excluding carboxylic acids is 1. The molecule has 0 aromatic heterocycles. The minimum Gasteiger partial charge on any atom is -0.338 e. The largest absolute Gasteiger partial charge is 0.338 e. The third-order valence-corrected chi connectivity index (χ3v) is 4.24. The Balaban J connectivity index is 2.09. The normalized spacial score (nSPS) is 24.1. The third-order valence-electron chi connectivity index (χ3n) is 3.49. The second-order valence-corrected chi connectivity index (χ2v) is 6.26. The van der Waals surface area contributed by atoms with Crippen LogP contribution in [-0.4, -0.2) is 30.2 Å². The van der Waals surface area contributed by atoms with Gasteiger partial charge in [-0.25, -0.2) is 0 Å². The van der Waals surface area contributed by atoms with Gasteiger partial charge in [-0.3, -0.25) is 4.79 Å². The van der Waals surface area contributed by atoms with E-state index in [0.29, 0.717) is 11.8 Å². The number of thioether (sulfide) groups is 1. The van der Waals surface area contributed by atoms with Crippen molar-refractivity contribution in [3.8, 4) is 0 Å². The number of hydrogen-bond acceptors (Lipinski definition) is 2. The first-order chi connectivity index (χ1) is 8.60. The van der Waals surface area contributed by atoms with Crippen LogP contribution in [0, 0.1) is 11.8 Å². The van der Waals surface area contributed by atoms with Crippen LogP contribution in [-0.2, 0) is 0 Å². The SMILES string of the molecule is CSc1ccc(C(=O)N2CC(C)CC(C)C2)cc1. The molecule has 0 bridgehead atoms. The van der Waals surface area contributed by atoms with Crippen LogP contribution in [0.1, 0.15) is 30.6 Å². The third kappa shape index (κ3) is 3.08. The lowest BCUT2D eigenvalue weighted by atomic mass is 9.91. The molecule has 2 nitrogen and oxygen atoms in total.